The molecule has 1 aromatic rings. The van der Waals surface area contributed by atoms with E-state index in [1.54, 1.807) is 0 Å². The van der Waals surface area contributed by atoms with Crippen molar-refractivity contribution in [2.45, 2.75) is 31.8 Å². The van der Waals surface area contributed by atoms with Gasteiger partial charge >= 0.3 is 0 Å². The molecule has 0 radical (unpaired) electrons. The third kappa shape index (κ3) is 3.13. The summed E-state index contributed by atoms with van der Waals surface area (Å²) in [6.45, 7) is 0.778. The van der Waals surface area contributed by atoms with E-state index in [0.29, 0.717) is 12.0 Å². The molecule has 1 aromatic carbocycles. The van der Waals surface area contributed by atoms with E-state index in [1.807, 2.05) is 24.3 Å². The van der Waals surface area contributed by atoms with E-state index in [9.17, 15) is 0 Å². The second kappa shape index (κ2) is 5.55. The van der Waals surface area contributed by atoms with Crippen molar-refractivity contribution in [2.75, 3.05) is 6.54 Å². The van der Waals surface area contributed by atoms with E-state index in [2.05, 4.69) is 0 Å². The van der Waals surface area contributed by atoms with Crippen LogP contribution in [-0.2, 0) is 0 Å². The van der Waals surface area contributed by atoms with Crippen LogP contribution in [0.5, 0.6) is 5.75 Å². The minimum absolute atomic E-state index is 0.323. The maximum Gasteiger partial charge on any atom is 0.119 e. The van der Waals surface area contributed by atoms with Crippen molar-refractivity contribution in [3.8, 4) is 5.75 Å². The Hall–Kier alpha value is -0.730. The van der Waals surface area contributed by atoms with E-state index in [-0.39, 0.29) is 0 Å². The SMILES string of the molecule is NCC1CCCC(Oc2ccc(Cl)cc2)C1. The van der Waals surface area contributed by atoms with Crippen LogP contribution in [0, 0.1) is 5.92 Å². The Bertz CT molecular complexity index is 325. The fourth-order valence-electron chi connectivity index (χ4n) is 2.27. The average molecular weight is 240 g/mol. The van der Waals surface area contributed by atoms with Crippen LogP contribution in [0.15, 0.2) is 24.3 Å². The van der Waals surface area contributed by atoms with Crippen molar-refractivity contribution in [3.63, 3.8) is 0 Å². The van der Waals surface area contributed by atoms with Crippen LogP contribution < -0.4 is 10.5 Å². The third-order valence-electron chi connectivity index (χ3n) is 3.18. The molecule has 2 atom stereocenters. The Labute approximate surface area is 102 Å². The van der Waals surface area contributed by atoms with Crippen LogP contribution in [0.25, 0.3) is 0 Å². The first-order valence-electron chi connectivity index (χ1n) is 5.90. The molecule has 0 aromatic heterocycles. The van der Waals surface area contributed by atoms with Gasteiger partial charge < -0.3 is 10.5 Å². The molecule has 2 N–H and O–H groups in total. The highest BCUT2D eigenvalue weighted by Gasteiger charge is 2.22. The average Bonchev–Trinajstić information content (AvgIpc) is 2.32. The fraction of sp³-hybridized carbons (Fsp3) is 0.538. The lowest BCUT2D eigenvalue weighted by atomic mass is 9.87. The van der Waals surface area contributed by atoms with Gasteiger partial charge in [-0.2, -0.15) is 0 Å². The lowest BCUT2D eigenvalue weighted by molar-refractivity contribution is 0.126. The number of hydrogen-bond donors (Lipinski definition) is 1. The third-order valence-corrected chi connectivity index (χ3v) is 3.44. The number of benzene rings is 1. The van der Waals surface area contributed by atoms with E-state index < -0.39 is 0 Å². The molecule has 88 valence electrons. The maximum absolute atomic E-state index is 5.93. The summed E-state index contributed by atoms with van der Waals surface area (Å²) in [4.78, 5) is 0. The van der Waals surface area contributed by atoms with Crippen molar-refractivity contribution in [1.29, 1.82) is 0 Å². The van der Waals surface area contributed by atoms with Crippen LogP contribution in [0.3, 0.4) is 0 Å². The van der Waals surface area contributed by atoms with Gasteiger partial charge in [0.2, 0.25) is 0 Å². The molecule has 1 fully saturated rings. The van der Waals surface area contributed by atoms with Crippen molar-refractivity contribution < 1.29 is 4.74 Å². The molecular formula is C13H18ClNO. The first kappa shape index (κ1) is 11.7. The molecule has 0 spiro atoms. The highest BCUT2D eigenvalue weighted by atomic mass is 35.5. The monoisotopic (exact) mass is 239 g/mol. The van der Waals surface area contributed by atoms with E-state index in [1.165, 1.54) is 12.8 Å². The van der Waals surface area contributed by atoms with E-state index in [0.717, 1.165) is 30.2 Å². The normalized spacial score (nSPS) is 25.4. The molecule has 0 heterocycles. The van der Waals surface area contributed by atoms with E-state index in [4.69, 9.17) is 22.1 Å². The number of hydrogen-bond acceptors (Lipinski definition) is 2. The molecule has 0 amide bonds. The molecule has 2 unspecified atom stereocenters. The smallest absolute Gasteiger partial charge is 0.119 e. The molecule has 3 heteroatoms. The zero-order valence-electron chi connectivity index (χ0n) is 9.36. The Kier molecular flexibility index (Phi) is 4.08. The molecule has 1 saturated carbocycles. The van der Waals surface area contributed by atoms with Gasteiger partial charge in [0.1, 0.15) is 5.75 Å². The number of ether oxygens (including phenoxy) is 1. The molecule has 1 aliphatic rings. The van der Waals surface area contributed by atoms with Crippen molar-refractivity contribution in [3.05, 3.63) is 29.3 Å². The minimum Gasteiger partial charge on any atom is -0.490 e. The molecule has 0 bridgehead atoms. The zero-order valence-corrected chi connectivity index (χ0v) is 10.1. The standard InChI is InChI=1S/C13H18ClNO/c14-11-4-6-12(7-5-11)16-13-3-1-2-10(8-13)9-15/h4-7,10,13H,1-3,8-9,15H2. The highest BCUT2D eigenvalue weighted by molar-refractivity contribution is 6.30. The molecule has 0 aliphatic heterocycles. The molecule has 0 saturated heterocycles. The highest BCUT2D eigenvalue weighted by Crippen LogP contribution is 2.27. The largest absolute Gasteiger partial charge is 0.490 e. The summed E-state index contributed by atoms with van der Waals surface area (Å²) >= 11 is 5.83. The summed E-state index contributed by atoms with van der Waals surface area (Å²) in [5.74, 6) is 1.54. The van der Waals surface area contributed by atoms with Crippen LogP contribution >= 0.6 is 11.6 Å². The summed E-state index contributed by atoms with van der Waals surface area (Å²) in [7, 11) is 0. The molecule has 16 heavy (non-hydrogen) atoms. The number of rotatable bonds is 3. The van der Waals surface area contributed by atoms with Crippen molar-refractivity contribution in [2.24, 2.45) is 11.7 Å². The Balaban J connectivity index is 1.91. The van der Waals surface area contributed by atoms with E-state index >= 15 is 0 Å². The van der Waals surface area contributed by atoms with Crippen LogP contribution in [-0.4, -0.2) is 12.6 Å². The Morgan fingerprint density at radius 2 is 2.00 bits per heavy atom. The number of halogens is 1. The Morgan fingerprint density at radius 3 is 2.69 bits per heavy atom. The predicted molar refractivity (Wildman–Crippen MR) is 66.9 cm³/mol. The summed E-state index contributed by atoms with van der Waals surface area (Å²) in [6, 6.07) is 7.57. The van der Waals surface area contributed by atoms with Gasteiger partial charge in [0.05, 0.1) is 6.10 Å². The van der Waals surface area contributed by atoms with Gasteiger partial charge in [-0.1, -0.05) is 11.6 Å². The van der Waals surface area contributed by atoms with Gasteiger partial charge in [0.25, 0.3) is 0 Å². The number of nitrogens with two attached hydrogens (primary N) is 1. The first-order valence-corrected chi connectivity index (χ1v) is 6.28. The topological polar surface area (TPSA) is 35.2 Å². The van der Waals surface area contributed by atoms with Gasteiger partial charge in [0, 0.05) is 5.02 Å². The van der Waals surface area contributed by atoms with Gasteiger partial charge in [0.15, 0.2) is 0 Å². The molecule has 1 aliphatic carbocycles. The summed E-state index contributed by atoms with van der Waals surface area (Å²) in [5, 5.41) is 0.746. The van der Waals surface area contributed by atoms with Gasteiger partial charge in [-0.15, -0.1) is 0 Å². The van der Waals surface area contributed by atoms with Gasteiger partial charge in [-0.3, -0.25) is 0 Å². The second-order valence-electron chi connectivity index (χ2n) is 4.46. The van der Waals surface area contributed by atoms with Crippen LogP contribution in [0.4, 0.5) is 0 Å². The molecule has 2 nitrogen and oxygen atoms in total. The van der Waals surface area contributed by atoms with Crippen LogP contribution in [0.2, 0.25) is 5.02 Å². The fourth-order valence-corrected chi connectivity index (χ4v) is 2.39. The van der Waals surface area contributed by atoms with Gasteiger partial charge in [-0.25, -0.2) is 0 Å². The summed E-state index contributed by atoms with van der Waals surface area (Å²) in [6.07, 6.45) is 5.01. The van der Waals surface area contributed by atoms with Crippen molar-refractivity contribution >= 4 is 11.6 Å². The van der Waals surface area contributed by atoms with Crippen LogP contribution in [0.1, 0.15) is 25.7 Å². The first-order chi connectivity index (χ1) is 7.78. The predicted octanol–water partition coefficient (Wildman–Crippen LogP) is 3.24. The zero-order chi connectivity index (χ0) is 11.4. The Morgan fingerprint density at radius 1 is 1.25 bits per heavy atom. The van der Waals surface area contributed by atoms with Crippen molar-refractivity contribution in [1.82, 2.24) is 0 Å². The molecular weight excluding hydrogens is 222 g/mol. The van der Waals surface area contributed by atoms with Gasteiger partial charge in [-0.05, 0) is 62.4 Å². The second-order valence-corrected chi connectivity index (χ2v) is 4.90. The maximum atomic E-state index is 5.93. The summed E-state index contributed by atoms with van der Waals surface area (Å²) in [5.41, 5.74) is 5.71. The lowest BCUT2D eigenvalue weighted by Gasteiger charge is -2.28. The molecule has 2 rings (SSSR count). The summed E-state index contributed by atoms with van der Waals surface area (Å²) < 4.78 is 5.93. The minimum atomic E-state index is 0.323. The quantitative estimate of drug-likeness (QED) is 0.879. The lowest BCUT2D eigenvalue weighted by Crippen LogP contribution is -2.29.